The molecule has 2 rings (SSSR count). The highest BCUT2D eigenvalue weighted by Crippen LogP contribution is 2.26. The highest BCUT2D eigenvalue weighted by molar-refractivity contribution is 7.87. The van der Waals surface area contributed by atoms with Crippen molar-refractivity contribution in [2.45, 2.75) is 45.1 Å². The van der Waals surface area contributed by atoms with Gasteiger partial charge in [0, 0.05) is 19.1 Å². The van der Waals surface area contributed by atoms with Gasteiger partial charge in [-0.2, -0.15) is 22.7 Å². The van der Waals surface area contributed by atoms with E-state index in [4.69, 9.17) is 5.26 Å². The van der Waals surface area contributed by atoms with Crippen molar-refractivity contribution in [3.05, 3.63) is 0 Å². The van der Waals surface area contributed by atoms with Crippen molar-refractivity contribution in [1.29, 1.82) is 5.26 Å². The molecule has 2 fully saturated rings. The molecule has 0 aromatic rings. The van der Waals surface area contributed by atoms with E-state index >= 15 is 0 Å². The number of rotatable bonds is 3. The van der Waals surface area contributed by atoms with Crippen LogP contribution >= 0.6 is 0 Å². The number of hydrogen-bond acceptors (Lipinski definition) is 3. The normalized spacial score (nSPS) is 31.3. The lowest BCUT2D eigenvalue weighted by molar-refractivity contribution is 0.282. The third-order valence-electron chi connectivity index (χ3n) is 4.06. The van der Waals surface area contributed by atoms with Crippen LogP contribution in [-0.4, -0.2) is 31.9 Å². The lowest BCUT2D eigenvalue weighted by Crippen LogP contribution is -2.48. The summed E-state index contributed by atoms with van der Waals surface area (Å²) >= 11 is 0. The lowest BCUT2D eigenvalue weighted by atomic mass is 10.0. The van der Waals surface area contributed by atoms with Gasteiger partial charge >= 0.3 is 0 Å². The average molecular weight is 271 g/mol. The van der Waals surface area contributed by atoms with Crippen molar-refractivity contribution >= 4 is 10.2 Å². The molecule has 5 nitrogen and oxygen atoms in total. The summed E-state index contributed by atoms with van der Waals surface area (Å²) in [5.41, 5.74) is 0. The molecule has 1 N–H and O–H groups in total. The Balaban J connectivity index is 1.97. The fourth-order valence-electron chi connectivity index (χ4n) is 2.75. The number of nitriles is 1. The zero-order valence-electron chi connectivity index (χ0n) is 10.8. The van der Waals surface area contributed by atoms with Gasteiger partial charge in [-0.25, -0.2) is 0 Å². The maximum Gasteiger partial charge on any atom is 0.279 e. The Morgan fingerprint density at radius 1 is 1.22 bits per heavy atom. The summed E-state index contributed by atoms with van der Waals surface area (Å²) in [4.78, 5) is 0. The van der Waals surface area contributed by atoms with Gasteiger partial charge in [0.05, 0.1) is 12.0 Å². The number of hydrogen-bond donors (Lipinski definition) is 1. The molecular formula is C12H21N3O2S. The fourth-order valence-corrected chi connectivity index (χ4v) is 4.25. The van der Waals surface area contributed by atoms with E-state index in [1.807, 2.05) is 0 Å². The molecule has 1 saturated carbocycles. The molecule has 2 aliphatic rings. The van der Waals surface area contributed by atoms with Crippen molar-refractivity contribution in [3.8, 4) is 6.07 Å². The number of nitrogens with one attached hydrogen (secondary N) is 1. The molecule has 0 radical (unpaired) electrons. The van der Waals surface area contributed by atoms with Crippen molar-refractivity contribution < 1.29 is 8.42 Å². The Kier molecular flexibility index (Phi) is 4.25. The van der Waals surface area contributed by atoms with E-state index in [-0.39, 0.29) is 12.0 Å². The standard InChI is InChI=1S/C12H21N3O2S/c1-10-5-7-15(8-6-10)18(16,17)14-12-4-2-3-11(12)9-13/h10-12,14H,2-8H2,1H3. The van der Waals surface area contributed by atoms with Crippen molar-refractivity contribution in [2.24, 2.45) is 11.8 Å². The van der Waals surface area contributed by atoms with Gasteiger partial charge in [-0.15, -0.1) is 0 Å². The second-order valence-corrected chi connectivity index (χ2v) is 7.18. The van der Waals surface area contributed by atoms with Crippen LogP contribution in [0.2, 0.25) is 0 Å². The zero-order chi connectivity index (χ0) is 13.2. The largest absolute Gasteiger partial charge is 0.279 e. The van der Waals surface area contributed by atoms with Crippen molar-refractivity contribution in [3.63, 3.8) is 0 Å². The monoisotopic (exact) mass is 271 g/mol. The Hall–Kier alpha value is -0.640. The Bertz CT molecular complexity index is 421. The second-order valence-electron chi connectivity index (χ2n) is 5.48. The van der Waals surface area contributed by atoms with Gasteiger partial charge in [0.1, 0.15) is 0 Å². The maximum atomic E-state index is 12.2. The quantitative estimate of drug-likeness (QED) is 0.839. The molecule has 18 heavy (non-hydrogen) atoms. The first kappa shape index (κ1) is 13.8. The van der Waals surface area contributed by atoms with Gasteiger partial charge < -0.3 is 0 Å². The summed E-state index contributed by atoms with van der Waals surface area (Å²) < 4.78 is 28.7. The Morgan fingerprint density at radius 2 is 1.89 bits per heavy atom. The molecule has 6 heteroatoms. The van der Waals surface area contributed by atoms with Crippen LogP contribution < -0.4 is 4.72 Å². The van der Waals surface area contributed by atoms with Crippen LogP contribution in [0, 0.1) is 23.2 Å². The summed E-state index contributed by atoms with van der Waals surface area (Å²) in [6, 6.07) is 2.01. The highest BCUT2D eigenvalue weighted by Gasteiger charge is 2.34. The predicted octanol–water partition coefficient (Wildman–Crippen LogP) is 1.24. The van der Waals surface area contributed by atoms with Crippen molar-refractivity contribution in [2.75, 3.05) is 13.1 Å². The van der Waals surface area contributed by atoms with Crippen LogP contribution in [0.3, 0.4) is 0 Å². The van der Waals surface area contributed by atoms with Gasteiger partial charge in [0.15, 0.2) is 0 Å². The SMILES string of the molecule is CC1CCN(S(=O)(=O)NC2CCCC2C#N)CC1. The molecule has 1 aliphatic carbocycles. The topological polar surface area (TPSA) is 73.2 Å². The van der Waals surface area contributed by atoms with Crippen LogP contribution in [0.5, 0.6) is 0 Å². The molecule has 0 aromatic heterocycles. The molecule has 0 amide bonds. The average Bonchev–Trinajstić information content (AvgIpc) is 2.76. The summed E-state index contributed by atoms with van der Waals surface area (Å²) in [6.07, 6.45) is 4.37. The molecular weight excluding hydrogens is 250 g/mol. The Morgan fingerprint density at radius 3 is 2.50 bits per heavy atom. The predicted molar refractivity (Wildman–Crippen MR) is 68.8 cm³/mol. The van der Waals surface area contributed by atoms with E-state index in [2.05, 4.69) is 17.7 Å². The second kappa shape index (κ2) is 5.55. The zero-order valence-corrected chi connectivity index (χ0v) is 11.6. The van der Waals surface area contributed by atoms with Gasteiger partial charge in [-0.1, -0.05) is 13.3 Å². The summed E-state index contributed by atoms with van der Waals surface area (Å²) in [5.74, 6) is 0.443. The van der Waals surface area contributed by atoms with E-state index in [1.165, 1.54) is 4.31 Å². The number of piperidine rings is 1. The third kappa shape index (κ3) is 3.02. The van der Waals surface area contributed by atoms with Crippen LogP contribution in [0.4, 0.5) is 0 Å². The summed E-state index contributed by atoms with van der Waals surface area (Å²) in [5, 5.41) is 8.98. The van der Waals surface area contributed by atoms with E-state index < -0.39 is 10.2 Å². The van der Waals surface area contributed by atoms with Crippen LogP contribution in [0.1, 0.15) is 39.0 Å². The minimum atomic E-state index is -3.40. The van der Waals surface area contributed by atoms with Gasteiger partial charge in [0.2, 0.25) is 0 Å². The van der Waals surface area contributed by atoms with Gasteiger partial charge in [-0.3, -0.25) is 0 Å². The van der Waals surface area contributed by atoms with Gasteiger partial charge in [0.25, 0.3) is 10.2 Å². The van der Waals surface area contributed by atoms with Crippen LogP contribution in [0.25, 0.3) is 0 Å². The molecule has 1 aliphatic heterocycles. The third-order valence-corrected chi connectivity index (χ3v) is 5.71. The van der Waals surface area contributed by atoms with E-state index in [0.29, 0.717) is 19.0 Å². The molecule has 0 bridgehead atoms. The molecule has 2 atom stereocenters. The Labute approximate surface area is 109 Å². The minimum absolute atomic E-state index is 0.163. The molecule has 102 valence electrons. The first-order valence-corrected chi connectivity index (χ1v) is 8.14. The lowest BCUT2D eigenvalue weighted by Gasteiger charge is -2.30. The smallest absolute Gasteiger partial charge is 0.198 e. The van der Waals surface area contributed by atoms with Crippen LogP contribution in [0.15, 0.2) is 0 Å². The molecule has 2 unspecified atom stereocenters. The molecule has 1 saturated heterocycles. The first-order valence-electron chi connectivity index (χ1n) is 6.70. The van der Waals surface area contributed by atoms with E-state index in [0.717, 1.165) is 32.1 Å². The van der Waals surface area contributed by atoms with Crippen molar-refractivity contribution in [1.82, 2.24) is 9.03 Å². The minimum Gasteiger partial charge on any atom is -0.198 e. The first-order chi connectivity index (χ1) is 8.53. The van der Waals surface area contributed by atoms with E-state index in [1.54, 1.807) is 0 Å². The highest BCUT2D eigenvalue weighted by atomic mass is 32.2. The summed E-state index contributed by atoms with van der Waals surface area (Å²) in [6.45, 7) is 3.35. The van der Waals surface area contributed by atoms with Gasteiger partial charge in [-0.05, 0) is 31.6 Å². The number of nitrogens with zero attached hydrogens (tertiary/aromatic N) is 2. The molecule has 1 heterocycles. The van der Waals surface area contributed by atoms with E-state index in [9.17, 15) is 8.42 Å². The summed E-state index contributed by atoms with van der Waals surface area (Å²) in [7, 11) is -3.40. The van der Waals surface area contributed by atoms with Crippen LogP contribution in [-0.2, 0) is 10.2 Å². The fraction of sp³-hybridized carbons (Fsp3) is 0.917. The maximum absolute atomic E-state index is 12.2. The molecule has 0 aromatic carbocycles. The molecule has 0 spiro atoms.